The molecule has 3 aromatic rings. The maximum atomic E-state index is 12.9. The normalized spacial score (nSPS) is 15.5. The number of rotatable bonds is 5. The van der Waals surface area contributed by atoms with Gasteiger partial charge in [0.2, 0.25) is 0 Å². The van der Waals surface area contributed by atoms with Crippen molar-refractivity contribution in [3.05, 3.63) is 81.1 Å². The van der Waals surface area contributed by atoms with Crippen molar-refractivity contribution in [2.45, 2.75) is 6.42 Å². The van der Waals surface area contributed by atoms with E-state index in [9.17, 15) is 9.59 Å². The van der Waals surface area contributed by atoms with E-state index in [0.717, 1.165) is 5.56 Å². The number of nitrogens with zero attached hydrogens (tertiary/aromatic N) is 3. The molecule has 1 saturated heterocycles. The predicted molar refractivity (Wildman–Crippen MR) is 121 cm³/mol. The number of amides is 1. The standard InChI is InChI=1S/C21H18N4O2S2/c1-22-18-15(19(26)24-11-6-5-9-17(24)23-18)13-16-20(27)25(21(28)29-16)12-10-14-7-3-2-4-8-14/h2-9,11,13,22H,10,12H2,1H3. The Hall–Kier alpha value is -2.97. The van der Waals surface area contributed by atoms with Crippen LogP contribution in [-0.4, -0.2) is 38.1 Å². The van der Waals surface area contributed by atoms with E-state index >= 15 is 0 Å². The van der Waals surface area contributed by atoms with Crippen molar-refractivity contribution >= 4 is 51.7 Å². The Bertz CT molecular complexity index is 1190. The largest absolute Gasteiger partial charge is 0.372 e. The first kappa shape index (κ1) is 19.4. The van der Waals surface area contributed by atoms with E-state index in [1.807, 2.05) is 36.4 Å². The van der Waals surface area contributed by atoms with Crippen molar-refractivity contribution in [1.29, 1.82) is 0 Å². The molecule has 0 radical (unpaired) electrons. The zero-order valence-corrected chi connectivity index (χ0v) is 17.3. The van der Waals surface area contributed by atoms with Crippen LogP contribution in [0.2, 0.25) is 0 Å². The van der Waals surface area contributed by atoms with Gasteiger partial charge in [0.25, 0.3) is 11.5 Å². The van der Waals surface area contributed by atoms with E-state index in [0.29, 0.717) is 39.2 Å². The van der Waals surface area contributed by atoms with Gasteiger partial charge in [0.05, 0.1) is 10.5 Å². The number of pyridine rings is 1. The quantitative estimate of drug-likeness (QED) is 0.503. The third kappa shape index (κ3) is 3.81. The molecule has 1 fully saturated rings. The molecule has 0 aliphatic carbocycles. The summed E-state index contributed by atoms with van der Waals surface area (Å²) in [6, 6.07) is 15.3. The molecule has 29 heavy (non-hydrogen) atoms. The maximum absolute atomic E-state index is 12.9. The minimum absolute atomic E-state index is 0.185. The molecule has 0 atom stereocenters. The molecule has 0 bridgehead atoms. The van der Waals surface area contributed by atoms with Crippen LogP contribution < -0.4 is 10.9 Å². The number of thioether (sulfide) groups is 1. The summed E-state index contributed by atoms with van der Waals surface area (Å²) < 4.78 is 1.96. The highest BCUT2D eigenvalue weighted by atomic mass is 32.2. The Morgan fingerprint density at radius 1 is 1.14 bits per heavy atom. The van der Waals surface area contributed by atoms with Gasteiger partial charge in [-0.05, 0) is 30.2 Å². The van der Waals surface area contributed by atoms with Gasteiger partial charge in [-0.1, -0.05) is 60.4 Å². The van der Waals surface area contributed by atoms with E-state index in [1.165, 1.54) is 16.2 Å². The summed E-state index contributed by atoms with van der Waals surface area (Å²) in [6.45, 7) is 0.500. The Morgan fingerprint density at radius 2 is 1.90 bits per heavy atom. The lowest BCUT2D eigenvalue weighted by atomic mass is 10.1. The molecule has 0 saturated carbocycles. The molecule has 146 valence electrons. The van der Waals surface area contributed by atoms with E-state index in [2.05, 4.69) is 10.3 Å². The fourth-order valence-electron chi connectivity index (χ4n) is 3.13. The van der Waals surface area contributed by atoms with Crippen molar-refractivity contribution in [3.63, 3.8) is 0 Å². The number of hydrogen-bond donors (Lipinski definition) is 1. The van der Waals surface area contributed by atoms with Gasteiger partial charge >= 0.3 is 0 Å². The average Bonchev–Trinajstić information content (AvgIpc) is 3.01. The lowest BCUT2D eigenvalue weighted by Crippen LogP contribution is -2.30. The molecule has 1 aromatic carbocycles. The molecule has 3 heterocycles. The lowest BCUT2D eigenvalue weighted by Gasteiger charge is -2.14. The SMILES string of the molecule is CNc1nc2ccccn2c(=O)c1C=C1SC(=S)N(CCc2ccccc2)C1=O. The molecule has 0 unspecified atom stereocenters. The molecular weight excluding hydrogens is 404 g/mol. The molecule has 1 N–H and O–H groups in total. The molecule has 1 aliphatic rings. The Morgan fingerprint density at radius 3 is 2.66 bits per heavy atom. The van der Waals surface area contributed by atoms with E-state index in [4.69, 9.17) is 12.2 Å². The van der Waals surface area contributed by atoms with Crippen molar-refractivity contribution in [2.75, 3.05) is 18.9 Å². The number of anilines is 1. The zero-order valence-electron chi connectivity index (χ0n) is 15.7. The number of hydrogen-bond acceptors (Lipinski definition) is 6. The highest BCUT2D eigenvalue weighted by Gasteiger charge is 2.32. The first-order valence-electron chi connectivity index (χ1n) is 9.07. The fourth-order valence-corrected chi connectivity index (χ4v) is 4.42. The molecule has 1 aliphatic heterocycles. The third-order valence-electron chi connectivity index (χ3n) is 4.62. The summed E-state index contributed by atoms with van der Waals surface area (Å²) in [5.74, 6) is 0.242. The number of fused-ring (bicyclic) bond motifs is 1. The smallest absolute Gasteiger partial charge is 0.267 e. The third-order valence-corrected chi connectivity index (χ3v) is 6.00. The zero-order chi connectivity index (χ0) is 20.4. The molecule has 6 nitrogen and oxygen atoms in total. The summed E-state index contributed by atoms with van der Waals surface area (Å²) in [4.78, 5) is 32.4. The number of carbonyl (C=O) groups is 1. The second-order valence-corrected chi connectivity index (χ2v) is 8.10. The first-order chi connectivity index (χ1) is 14.1. The summed E-state index contributed by atoms with van der Waals surface area (Å²) in [5.41, 5.74) is 1.77. The summed E-state index contributed by atoms with van der Waals surface area (Å²) in [5, 5.41) is 2.95. The topological polar surface area (TPSA) is 66.7 Å². The second-order valence-electron chi connectivity index (χ2n) is 6.43. The molecule has 0 spiro atoms. The van der Waals surface area contributed by atoms with Crippen LogP contribution in [0.25, 0.3) is 11.7 Å². The van der Waals surface area contributed by atoms with Crippen LogP contribution in [0.3, 0.4) is 0 Å². The minimum atomic E-state index is -0.241. The number of thiocarbonyl (C=S) groups is 1. The maximum Gasteiger partial charge on any atom is 0.267 e. The highest BCUT2D eigenvalue weighted by Crippen LogP contribution is 2.33. The Kier molecular flexibility index (Phi) is 5.46. The number of carbonyl (C=O) groups excluding carboxylic acids is 1. The predicted octanol–water partition coefficient (Wildman–Crippen LogP) is 3.18. The van der Waals surface area contributed by atoms with Crippen molar-refractivity contribution in [3.8, 4) is 0 Å². The van der Waals surface area contributed by atoms with Crippen LogP contribution in [0.15, 0.2) is 64.4 Å². The monoisotopic (exact) mass is 422 g/mol. The van der Waals surface area contributed by atoms with E-state index in [1.54, 1.807) is 36.4 Å². The van der Waals surface area contributed by atoms with Crippen molar-refractivity contribution in [2.24, 2.45) is 0 Å². The van der Waals surface area contributed by atoms with Gasteiger partial charge in [-0.15, -0.1) is 0 Å². The van der Waals surface area contributed by atoms with Gasteiger partial charge in [-0.3, -0.25) is 18.9 Å². The van der Waals surface area contributed by atoms with Gasteiger partial charge in [-0.2, -0.15) is 0 Å². The summed E-state index contributed by atoms with van der Waals surface area (Å²) in [6.07, 6.45) is 3.96. The van der Waals surface area contributed by atoms with E-state index < -0.39 is 0 Å². The second kappa shape index (κ2) is 8.18. The highest BCUT2D eigenvalue weighted by molar-refractivity contribution is 8.26. The van der Waals surface area contributed by atoms with Gasteiger partial charge in [0.1, 0.15) is 15.8 Å². The summed E-state index contributed by atoms with van der Waals surface area (Å²) >= 11 is 6.62. The molecular formula is C21H18N4O2S2. The number of benzene rings is 1. The van der Waals surface area contributed by atoms with E-state index in [-0.39, 0.29) is 11.5 Å². The van der Waals surface area contributed by atoms with Crippen molar-refractivity contribution < 1.29 is 4.79 Å². The molecule has 2 aromatic heterocycles. The summed E-state index contributed by atoms with van der Waals surface area (Å²) in [7, 11) is 1.70. The van der Waals surface area contributed by atoms with Gasteiger partial charge in [0.15, 0.2) is 0 Å². The number of aromatic nitrogens is 2. The lowest BCUT2D eigenvalue weighted by molar-refractivity contribution is -0.122. The van der Waals surface area contributed by atoms with Gasteiger partial charge in [-0.25, -0.2) is 4.98 Å². The first-order valence-corrected chi connectivity index (χ1v) is 10.3. The molecule has 4 rings (SSSR count). The van der Waals surface area contributed by atoms with Crippen LogP contribution >= 0.6 is 24.0 Å². The van der Waals surface area contributed by atoms with Crippen LogP contribution in [0.1, 0.15) is 11.1 Å². The van der Waals surface area contributed by atoms with Crippen molar-refractivity contribution in [1.82, 2.24) is 14.3 Å². The van der Waals surface area contributed by atoms with Crippen LogP contribution in [0.5, 0.6) is 0 Å². The Balaban J connectivity index is 1.65. The van der Waals surface area contributed by atoms with Crippen LogP contribution in [-0.2, 0) is 11.2 Å². The Labute approximate surface area is 177 Å². The average molecular weight is 423 g/mol. The molecule has 8 heteroatoms. The van der Waals surface area contributed by atoms with Crippen LogP contribution in [0, 0.1) is 0 Å². The fraction of sp³-hybridized carbons (Fsp3) is 0.143. The minimum Gasteiger partial charge on any atom is -0.372 e. The van der Waals surface area contributed by atoms with Gasteiger partial charge in [0, 0.05) is 19.8 Å². The van der Waals surface area contributed by atoms with Crippen LogP contribution in [0.4, 0.5) is 5.82 Å². The number of nitrogens with one attached hydrogen (secondary N) is 1. The molecule has 1 amide bonds. The van der Waals surface area contributed by atoms with Gasteiger partial charge < -0.3 is 5.32 Å².